The number of nitrogens with zero attached hydrogens (tertiary/aromatic N) is 3. The van der Waals surface area contributed by atoms with Gasteiger partial charge in [-0.05, 0) is 28.8 Å². The molecule has 0 fully saturated rings. The van der Waals surface area contributed by atoms with E-state index in [1.165, 1.54) is 30.2 Å². The molecule has 0 aliphatic heterocycles. The number of amides is 1. The Morgan fingerprint density at radius 3 is 2.42 bits per heavy atom. The highest BCUT2D eigenvalue weighted by Crippen LogP contribution is 2.12. The molecule has 3 rings (SSSR count). The van der Waals surface area contributed by atoms with Gasteiger partial charge in [-0.25, -0.2) is 14.1 Å². The quantitative estimate of drug-likeness (QED) is 0.662. The molecule has 3 aromatic rings. The van der Waals surface area contributed by atoms with Crippen molar-refractivity contribution in [1.82, 2.24) is 20.1 Å². The van der Waals surface area contributed by atoms with Gasteiger partial charge >= 0.3 is 0 Å². The Bertz CT molecular complexity index is 820. The highest BCUT2D eigenvalue weighted by molar-refractivity contribution is 7.99. The van der Waals surface area contributed by atoms with Crippen molar-refractivity contribution in [3.8, 4) is 0 Å². The summed E-state index contributed by atoms with van der Waals surface area (Å²) in [6, 6.07) is 14.4. The van der Waals surface area contributed by atoms with Crippen LogP contribution < -0.4 is 5.32 Å². The first-order valence-electron chi connectivity index (χ1n) is 8.18. The van der Waals surface area contributed by atoms with E-state index in [1.807, 2.05) is 24.3 Å². The summed E-state index contributed by atoms with van der Waals surface area (Å²) < 4.78 is 14.6. The number of benzene rings is 2. The van der Waals surface area contributed by atoms with Crippen LogP contribution >= 0.6 is 11.8 Å². The van der Waals surface area contributed by atoms with Crippen LogP contribution in [0.3, 0.4) is 0 Å². The lowest BCUT2D eigenvalue weighted by Gasteiger charge is -2.07. The maximum Gasteiger partial charge on any atom is 0.230 e. The molecule has 0 radical (unpaired) electrons. The standard InChI is InChI=1S/C19H19FN4OS/c20-18-7-5-17(6-8-18)11-26-12-19(25)22-9-15-1-3-16(4-2-15)10-24-14-21-13-23-24/h1-8,13-14H,9-12H2,(H,22,25). The Morgan fingerprint density at radius 1 is 1.04 bits per heavy atom. The van der Waals surface area contributed by atoms with Gasteiger partial charge in [-0.3, -0.25) is 4.79 Å². The second-order valence-electron chi connectivity index (χ2n) is 5.81. The summed E-state index contributed by atoms with van der Waals surface area (Å²) in [6.07, 6.45) is 3.19. The second kappa shape index (κ2) is 9.15. The van der Waals surface area contributed by atoms with Gasteiger partial charge in [0.1, 0.15) is 18.5 Å². The van der Waals surface area contributed by atoms with Gasteiger partial charge in [0.05, 0.1) is 12.3 Å². The summed E-state index contributed by atoms with van der Waals surface area (Å²) in [5, 5.41) is 6.99. The number of carbonyl (C=O) groups excluding carboxylic acids is 1. The normalized spacial score (nSPS) is 10.7. The lowest BCUT2D eigenvalue weighted by atomic mass is 10.1. The van der Waals surface area contributed by atoms with Crippen LogP contribution in [0.1, 0.15) is 16.7 Å². The zero-order valence-corrected chi connectivity index (χ0v) is 15.0. The Morgan fingerprint density at radius 2 is 1.73 bits per heavy atom. The third-order valence-corrected chi connectivity index (χ3v) is 4.74. The molecule has 7 heteroatoms. The summed E-state index contributed by atoms with van der Waals surface area (Å²) in [5.41, 5.74) is 3.18. The van der Waals surface area contributed by atoms with Gasteiger partial charge in [0.2, 0.25) is 5.91 Å². The van der Waals surface area contributed by atoms with Crippen LogP contribution in [0.4, 0.5) is 4.39 Å². The number of halogens is 1. The molecule has 0 bridgehead atoms. The number of rotatable bonds is 8. The van der Waals surface area contributed by atoms with Crippen LogP contribution in [0.25, 0.3) is 0 Å². The third kappa shape index (κ3) is 5.70. The molecule has 1 amide bonds. The summed E-state index contributed by atoms with van der Waals surface area (Å²) in [6.45, 7) is 1.17. The molecule has 1 aromatic heterocycles. The Balaban J connectivity index is 1.37. The zero-order valence-electron chi connectivity index (χ0n) is 14.1. The summed E-state index contributed by atoms with van der Waals surface area (Å²) in [4.78, 5) is 15.8. The Hall–Kier alpha value is -2.67. The molecule has 26 heavy (non-hydrogen) atoms. The molecule has 0 spiro atoms. The number of hydrogen-bond donors (Lipinski definition) is 1. The highest BCUT2D eigenvalue weighted by Gasteiger charge is 2.03. The Kier molecular flexibility index (Phi) is 6.38. The fraction of sp³-hybridized carbons (Fsp3) is 0.211. The van der Waals surface area contributed by atoms with Crippen LogP contribution in [0.5, 0.6) is 0 Å². The molecule has 0 unspecified atom stereocenters. The van der Waals surface area contributed by atoms with Gasteiger partial charge in [0.15, 0.2) is 0 Å². The monoisotopic (exact) mass is 370 g/mol. The first-order chi connectivity index (χ1) is 12.7. The smallest absolute Gasteiger partial charge is 0.230 e. The van der Waals surface area contributed by atoms with E-state index < -0.39 is 0 Å². The van der Waals surface area contributed by atoms with Gasteiger partial charge in [0.25, 0.3) is 0 Å². The zero-order chi connectivity index (χ0) is 18.2. The van der Waals surface area contributed by atoms with Gasteiger partial charge < -0.3 is 5.32 Å². The molecule has 0 aliphatic carbocycles. The Labute approximate surface area is 155 Å². The summed E-state index contributed by atoms with van der Waals surface area (Å²) in [7, 11) is 0. The molecular weight excluding hydrogens is 351 g/mol. The number of aromatic nitrogens is 3. The summed E-state index contributed by atoms with van der Waals surface area (Å²) >= 11 is 1.51. The van der Waals surface area contributed by atoms with E-state index in [0.717, 1.165) is 16.7 Å². The van der Waals surface area contributed by atoms with Crippen LogP contribution in [-0.2, 0) is 23.6 Å². The van der Waals surface area contributed by atoms with E-state index in [1.54, 1.807) is 23.1 Å². The molecule has 134 valence electrons. The van der Waals surface area contributed by atoms with Crippen molar-refractivity contribution in [2.75, 3.05) is 5.75 Å². The molecule has 0 saturated heterocycles. The van der Waals surface area contributed by atoms with Crippen molar-refractivity contribution >= 4 is 17.7 Å². The van der Waals surface area contributed by atoms with Crippen molar-refractivity contribution in [2.24, 2.45) is 0 Å². The first kappa shape index (κ1) is 18.1. The van der Waals surface area contributed by atoms with Gasteiger partial charge in [0, 0.05) is 12.3 Å². The van der Waals surface area contributed by atoms with Crippen LogP contribution in [-0.4, -0.2) is 26.4 Å². The minimum atomic E-state index is -0.246. The molecule has 5 nitrogen and oxygen atoms in total. The largest absolute Gasteiger partial charge is 0.351 e. The van der Waals surface area contributed by atoms with Gasteiger partial charge in [-0.1, -0.05) is 36.4 Å². The predicted molar refractivity (Wildman–Crippen MR) is 100.0 cm³/mol. The minimum Gasteiger partial charge on any atom is -0.351 e. The van der Waals surface area contributed by atoms with Crippen molar-refractivity contribution in [1.29, 1.82) is 0 Å². The fourth-order valence-electron chi connectivity index (χ4n) is 2.36. The number of hydrogen-bond acceptors (Lipinski definition) is 4. The molecule has 1 N–H and O–H groups in total. The van der Waals surface area contributed by atoms with Crippen molar-refractivity contribution in [3.63, 3.8) is 0 Å². The SMILES string of the molecule is O=C(CSCc1ccc(F)cc1)NCc1ccc(Cn2cncn2)cc1. The lowest BCUT2D eigenvalue weighted by Crippen LogP contribution is -2.24. The first-order valence-corrected chi connectivity index (χ1v) is 9.33. The van der Waals surface area contributed by atoms with E-state index >= 15 is 0 Å². The highest BCUT2D eigenvalue weighted by atomic mass is 32.2. The topological polar surface area (TPSA) is 59.8 Å². The molecule has 0 aliphatic rings. The maximum atomic E-state index is 12.8. The van der Waals surface area contributed by atoms with E-state index in [0.29, 0.717) is 24.6 Å². The molecular formula is C19H19FN4OS. The summed E-state index contributed by atoms with van der Waals surface area (Å²) in [5.74, 6) is 0.805. The van der Waals surface area contributed by atoms with Crippen molar-refractivity contribution < 1.29 is 9.18 Å². The van der Waals surface area contributed by atoms with E-state index in [2.05, 4.69) is 15.4 Å². The molecule has 0 saturated carbocycles. The average molecular weight is 370 g/mol. The number of thioether (sulfide) groups is 1. The van der Waals surface area contributed by atoms with Gasteiger partial charge in [-0.15, -0.1) is 11.8 Å². The van der Waals surface area contributed by atoms with Gasteiger partial charge in [-0.2, -0.15) is 5.10 Å². The van der Waals surface area contributed by atoms with E-state index in [-0.39, 0.29) is 11.7 Å². The maximum absolute atomic E-state index is 12.8. The molecule has 1 heterocycles. The third-order valence-electron chi connectivity index (χ3n) is 3.74. The average Bonchev–Trinajstić information content (AvgIpc) is 3.16. The minimum absolute atomic E-state index is 0.0104. The number of nitrogens with one attached hydrogen (secondary N) is 1. The fourth-order valence-corrected chi connectivity index (χ4v) is 3.18. The van der Waals surface area contributed by atoms with Crippen LogP contribution in [0.15, 0.2) is 61.2 Å². The van der Waals surface area contributed by atoms with Crippen LogP contribution in [0, 0.1) is 5.82 Å². The van der Waals surface area contributed by atoms with E-state index in [4.69, 9.17) is 0 Å². The van der Waals surface area contributed by atoms with Crippen LogP contribution in [0.2, 0.25) is 0 Å². The van der Waals surface area contributed by atoms with E-state index in [9.17, 15) is 9.18 Å². The predicted octanol–water partition coefficient (Wildman–Crippen LogP) is 3.02. The number of carbonyl (C=O) groups is 1. The molecule has 2 aromatic carbocycles. The molecule has 0 atom stereocenters. The lowest BCUT2D eigenvalue weighted by molar-refractivity contribution is -0.118. The second-order valence-corrected chi connectivity index (χ2v) is 6.79. The van der Waals surface area contributed by atoms with Crippen molar-refractivity contribution in [3.05, 3.63) is 83.7 Å². The van der Waals surface area contributed by atoms with Crippen molar-refractivity contribution in [2.45, 2.75) is 18.8 Å².